The van der Waals surface area contributed by atoms with E-state index in [1.807, 2.05) is 12.1 Å². The van der Waals surface area contributed by atoms with Gasteiger partial charge in [0.25, 0.3) is 0 Å². The smallest absolute Gasteiger partial charge is 0.247 e. The van der Waals surface area contributed by atoms with E-state index in [-0.39, 0.29) is 24.4 Å². The normalized spacial score (nSPS) is 18.3. The zero-order chi connectivity index (χ0) is 18.1. The van der Waals surface area contributed by atoms with Gasteiger partial charge in [-0.3, -0.25) is 9.59 Å². The fourth-order valence-electron chi connectivity index (χ4n) is 3.20. The Labute approximate surface area is 149 Å². The van der Waals surface area contributed by atoms with Gasteiger partial charge in [-0.15, -0.1) is 0 Å². The third-order valence-corrected chi connectivity index (χ3v) is 4.53. The molecule has 2 amide bonds. The van der Waals surface area contributed by atoms with Crippen molar-refractivity contribution >= 4 is 17.5 Å². The van der Waals surface area contributed by atoms with Crippen LogP contribution in [0.3, 0.4) is 0 Å². The maximum absolute atomic E-state index is 13.0. The number of amides is 2. The zero-order valence-electron chi connectivity index (χ0n) is 13.9. The maximum atomic E-state index is 13.0. The first kappa shape index (κ1) is 16.4. The van der Waals surface area contributed by atoms with Crippen LogP contribution in [0.2, 0.25) is 0 Å². The third-order valence-electron chi connectivity index (χ3n) is 4.53. The number of ether oxygens (including phenoxy) is 2. The van der Waals surface area contributed by atoms with Gasteiger partial charge < -0.3 is 19.7 Å². The zero-order valence-corrected chi connectivity index (χ0v) is 13.9. The predicted octanol–water partition coefficient (Wildman–Crippen LogP) is 2.68. The van der Waals surface area contributed by atoms with Crippen molar-refractivity contribution in [3.63, 3.8) is 0 Å². The van der Waals surface area contributed by atoms with E-state index in [4.69, 9.17) is 9.47 Å². The molecule has 1 unspecified atom stereocenters. The van der Waals surface area contributed by atoms with Gasteiger partial charge in [0.2, 0.25) is 18.6 Å². The molecule has 2 heterocycles. The van der Waals surface area contributed by atoms with Gasteiger partial charge in [-0.1, -0.05) is 6.07 Å². The number of fused-ring (bicyclic) bond motifs is 1. The van der Waals surface area contributed by atoms with E-state index in [0.717, 1.165) is 5.56 Å². The highest BCUT2D eigenvalue weighted by Gasteiger charge is 2.36. The minimum absolute atomic E-state index is 0.0677. The van der Waals surface area contributed by atoms with Crippen molar-refractivity contribution in [2.45, 2.75) is 25.4 Å². The molecule has 26 heavy (non-hydrogen) atoms. The number of benzene rings is 2. The van der Waals surface area contributed by atoms with E-state index in [0.29, 0.717) is 36.6 Å². The monoisotopic (exact) mass is 356 g/mol. The molecule has 2 aliphatic heterocycles. The second-order valence-corrected chi connectivity index (χ2v) is 6.26. The Bertz CT molecular complexity index is 853. The minimum Gasteiger partial charge on any atom is -0.454 e. The number of nitrogens with zero attached hydrogens (tertiary/aromatic N) is 1. The Morgan fingerprint density at radius 1 is 1.15 bits per heavy atom. The number of likely N-dealkylation sites (tertiary alicyclic amines) is 1. The van der Waals surface area contributed by atoms with Gasteiger partial charge in [0.05, 0.1) is 0 Å². The highest BCUT2D eigenvalue weighted by atomic mass is 19.1. The van der Waals surface area contributed by atoms with Crippen molar-refractivity contribution in [3.8, 4) is 11.5 Å². The Morgan fingerprint density at radius 2 is 1.92 bits per heavy atom. The molecule has 1 atom stereocenters. The van der Waals surface area contributed by atoms with Crippen molar-refractivity contribution in [1.29, 1.82) is 0 Å². The summed E-state index contributed by atoms with van der Waals surface area (Å²) in [5.41, 5.74) is 1.36. The Balaban J connectivity index is 1.48. The van der Waals surface area contributed by atoms with Crippen LogP contribution in [0, 0.1) is 5.82 Å². The first-order chi connectivity index (χ1) is 12.6. The lowest BCUT2D eigenvalue weighted by Crippen LogP contribution is -2.41. The number of hydrogen-bond acceptors (Lipinski definition) is 4. The maximum Gasteiger partial charge on any atom is 0.247 e. The highest BCUT2D eigenvalue weighted by molar-refractivity contribution is 5.99. The summed E-state index contributed by atoms with van der Waals surface area (Å²) in [5.74, 6) is 0.599. The van der Waals surface area contributed by atoms with Gasteiger partial charge in [-0.05, 0) is 48.4 Å². The molecule has 2 aromatic rings. The van der Waals surface area contributed by atoms with E-state index < -0.39 is 6.04 Å². The van der Waals surface area contributed by atoms with Crippen LogP contribution in [0.5, 0.6) is 11.5 Å². The number of carbonyl (C=O) groups excluding carboxylic acids is 2. The van der Waals surface area contributed by atoms with Crippen molar-refractivity contribution in [1.82, 2.24) is 4.90 Å². The Hall–Kier alpha value is -3.09. The summed E-state index contributed by atoms with van der Waals surface area (Å²) < 4.78 is 23.6. The van der Waals surface area contributed by atoms with E-state index >= 15 is 0 Å². The first-order valence-electron chi connectivity index (χ1n) is 8.34. The molecule has 1 N–H and O–H groups in total. The summed E-state index contributed by atoms with van der Waals surface area (Å²) in [4.78, 5) is 26.4. The van der Waals surface area contributed by atoms with Crippen LogP contribution in [-0.4, -0.2) is 29.5 Å². The van der Waals surface area contributed by atoms with Crippen LogP contribution in [0.1, 0.15) is 18.4 Å². The van der Waals surface area contributed by atoms with Gasteiger partial charge >= 0.3 is 0 Å². The molecule has 2 aromatic carbocycles. The third kappa shape index (κ3) is 3.20. The van der Waals surface area contributed by atoms with Crippen LogP contribution in [0.25, 0.3) is 0 Å². The summed E-state index contributed by atoms with van der Waals surface area (Å²) in [6.45, 7) is 0.501. The molecule has 7 heteroatoms. The fraction of sp³-hybridized carbons (Fsp3) is 0.263. The van der Waals surface area contributed by atoms with E-state index in [1.54, 1.807) is 11.0 Å². The standard InChI is InChI=1S/C19H17FN2O4/c20-13-2-4-14(5-3-13)21-19(24)15-6-8-18(23)22(15)10-12-1-7-16-17(9-12)26-11-25-16/h1-5,7,9,15H,6,8,10-11H2,(H,21,24). The molecule has 1 fully saturated rings. The Morgan fingerprint density at radius 3 is 2.73 bits per heavy atom. The van der Waals surface area contributed by atoms with Crippen molar-refractivity contribution in [2.75, 3.05) is 12.1 Å². The van der Waals surface area contributed by atoms with Crippen LogP contribution >= 0.6 is 0 Å². The first-order valence-corrected chi connectivity index (χ1v) is 8.34. The second-order valence-electron chi connectivity index (χ2n) is 6.26. The number of carbonyl (C=O) groups is 2. The molecule has 0 bridgehead atoms. The molecular formula is C19H17FN2O4. The number of anilines is 1. The van der Waals surface area contributed by atoms with Gasteiger partial charge in [0, 0.05) is 18.7 Å². The lowest BCUT2D eigenvalue weighted by atomic mass is 10.1. The number of halogens is 1. The van der Waals surface area contributed by atoms with Crippen LogP contribution < -0.4 is 14.8 Å². The molecule has 2 aliphatic rings. The number of hydrogen-bond donors (Lipinski definition) is 1. The lowest BCUT2D eigenvalue weighted by molar-refractivity contribution is -0.133. The van der Waals surface area contributed by atoms with Crippen molar-refractivity contribution < 1.29 is 23.5 Å². The number of rotatable bonds is 4. The fourth-order valence-corrected chi connectivity index (χ4v) is 3.20. The summed E-state index contributed by atoms with van der Waals surface area (Å²) in [6, 6.07) is 10.5. The van der Waals surface area contributed by atoms with E-state index in [9.17, 15) is 14.0 Å². The summed E-state index contributed by atoms with van der Waals surface area (Å²) in [5, 5.41) is 2.74. The lowest BCUT2D eigenvalue weighted by Gasteiger charge is -2.24. The highest BCUT2D eigenvalue weighted by Crippen LogP contribution is 2.33. The van der Waals surface area contributed by atoms with Crippen molar-refractivity contribution in [2.24, 2.45) is 0 Å². The molecule has 0 spiro atoms. The van der Waals surface area contributed by atoms with Crippen LogP contribution in [-0.2, 0) is 16.1 Å². The summed E-state index contributed by atoms with van der Waals surface area (Å²) in [7, 11) is 0. The van der Waals surface area contributed by atoms with E-state index in [2.05, 4.69) is 5.32 Å². The SMILES string of the molecule is O=C(Nc1ccc(F)cc1)C1CCC(=O)N1Cc1ccc2c(c1)OCO2. The largest absolute Gasteiger partial charge is 0.454 e. The van der Waals surface area contributed by atoms with Gasteiger partial charge in [-0.25, -0.2) is 4.39 Å². The molecule has 0 radical (unpaired) electrons. The molecule has 134 valence electrons. The molecule has 4 rings (SSSR count). The quantitative estimate of drug-likeness (QED) is 0.915. The topological polar surface area (TPSA) is 67.9 Å². The molecule has 6 nitrogen and oxygen atoms in total. The van der Waals surface area contributed by atoms with E-state index in [1.165, 1.54) is 24.3 Å². The number of nitrogens with one attached hydrogen (secondary N) is 1. The minimum atomic E-state index is -0.557. The molecule has 1 saturated heterocycles. The molecular weight excluding hydrogens is 339 g/mol. The molecule has 0 aliphatic carbocycles. The average Bonchev–Trinajstić information content (AvgIpc) is 3.24. The predicted molar refractivity (Wildman–Crippen MR) is 91.2 cm³/mol. The van der Waals surface area contributed by atoms with Gasteiger partial charge in [-0.2, -0.15) is 0 Å². The summed E-state index contributed by atoms with van der Waals surface area (Å²) in [6.07, 6.45) is 0.780. The average molecular weight is 356 g/mol. The van der Waals surface area contributed by atoms with Crippen molar-refractivity contribution in [3.05, 3.63) is 53.8 Å². The second kappa shape index (κ2) is 6.67. The van der Waals surface area contributed by atoms with Crippen LogP contribution in [0.15, 0.2) is 42.5 Å². The molecule has 0 saturated carbocycles. The Kier molecular flexibility index (Phi) is 4.20. The van der Waals surface area contributed by atoms with Gasteiger partial charge in [0.15, 0.2) is 11.5 Å². The summed E-state index contributed by atoms with van der Waals surface area (Å²) >= 11 is 0. The molecule has 0 aromatic heterocycles. The van der Waals surface area contributed by atoms with Crippen LogP contribution in [0.4, 0.5) is 10.1 Å². The van der Waals surface area contributed by atoms with Gasteiger partial charge in [0.1, 0.15) is 11.9 Å².